The Morgan fingerprint density at radius 3 is 3.06 bits per heavy atom. The van der Waals surface area contributed by atoms with Crippen molar-refractivity contribution < 1.29 is 4.74 Å². The van der Waals surface area contributed by atoms with Crippen LogP contribution in [0.25, 0.3) is 0 Å². The summed E-state index contributed by atoms with van der Waals surface area (Å²) in [6.45, 7) is 8.39. The number of hydrogen-bond donors (Lipinski definition) is 1. The van der Waals surface area contributed by atoms with Crippen LogP contribution < -0.4 is 10.1 Å². The van der Waals surface area contributed by atoms with Gasteiger partial charge >= 0.3 is 0 Å². The van der Waals surface area contributed by atoms with Crippen LogP contribution in [-0.2, 0) is 13.0 Å². The lowest BCUT2D eigenvalue weighted by Gasteiger charge is -2.20. The molecule has 0 bridgehead atoms. The standard InChI is InChI=1S/C15H24N2O/c1-4-17(3)11-12(2)16-10-13-5-6-15-14(9-13)7-8-18-15/h5-6,9,12,16H,4,7-8,10-11H2,1-3H3. The van der Waals surface area contributed by atoms with E-state index in [1.807, 2.05) is 0 Å². The van der Waals surface area contributed by atoms with Gasteiger partial charge in [-0.3, -0.25) is 0 Å². The maximum absolute atomic E-state index is 5.52. The molecule has 1 aliphatic heterocycles. The number of hydrogen-bond acceptors (Lipinski definition) is 3. The number of likely N-dealkylation sites (N-methyl/N-ethyl adjacent to an activating group) is 1. The van der Waals surface area contributed by atoms with Crippen molar-refractivity contribution in [2.75, 3.05) is 26.7 Å². The lowest BCUT2D eigenvalue weighted by molar-refractivity contribution is 0.309. The zero-order chi connectivity index (χ0) is 13.0. The minimum absolute atomic E-state index is 0.513. The molecule has 0 spiro atoms. The van der Waals surface area contributed by atoms with E-state index in [0.717, 1.165) is 38.4 Å². The van der Waals surface area contributed by atoms with Crippen molar-refractivity contribution in [3.8, 4) is 5.75 Å². The van der Waals surface area contributed by atoms with Crippen molar-refractivity contribution in [2.24, 2.45) is 0 Å². The molecule has 1 atom stereocenters. The van der Waals surface area contributed by atoms with Gasteiger partial charge in [0.2, 0.25) is 0 Å². The van der Waals surface area contributed by atoms with Crippen LogP contribution in [-0.4, -0.2) is 37.7 Å². The normalized spacial score (nSPS) is 15.6. The molecule has 1 unspecified atom stereocenters. The van der Waals surface area contributed by atoms with Gasteiger partial charge in [0, 0.05) is 25.6 Å². The van der Waals surface area contributed by atoms with Crippen LogP contribution in [0.1, 0.15) is 25.0 Å². The highest BCUT2D eigenvalue weighted by Crippen LogP contribution is 2.25. The molecule has 1 aliphatic rings. The average molecular weight is 248 g/mol. The number of nitrogens with zero attached hydrogens (tertiary/aromatic N) is 1. The van der Waals surface area contributed by atoms with Crippen LogP contribution in [0.2, 0.25) is 0 Å². The van der Waals surface area contributed by atoms with Crippen molar-refractivity contribution in [3.05, 3.63) is 29.3 Å². The molecule has 0 radical (unpaired) electrons. The van der Waals surface area contributed by atoms with Gasteiger partial charge in [-0.15, -0.1) is 0 Å². The van der Waals surface area contributed by atoms with Gasteiger partial charge in [0.15, 0.2) is 0 Å². The monoisotopic (exact) mass is 248 g/mol. The largest absolute Gasteiger partial charge is 0.493 e. The summed E-state index contributed by atoms with van der Waals surface area (Å²) in [5.41, 5.74) is 2.71. The van der Waals surface area contributed by atoms with Gasteiger partial charge in [0.25, 0.3) is 0 Å². The molecule has 18 heavy (non-hydrogen) atoms. The molecule has 1 heterocycles. The summed E-state index contributed by atoms with van der Waals surface area (Å²) in [7, 11) is 2.16. The Bertz CT molecular complexity index is 392. The molecular weight excluding hydrogens is 224 g/mol. The highest BCUT2D eigenvalue weighted by atomic mass is 16.5. The second-order valence-electron chi connectivity index (χ2n) is 5.18. The molecule has 100 valence electrons. The van der Waals surface area contributed by atoms with E-state index >= 15 is 0 Å². The zero-order valence-electron chi connectivity index (χ0n) is 11.7. The first-order chi connectivity index (χ1) is 8.69. The van der Waals surface area contributed by atoms with Gasteiger partial charge < -0.3 is 15.0 Å². The third kappa shape index (κ3) is 3.47. The second-order valence-corrected chi connectivity index (χ2v) is 5.18. The lowest BCUT2D eigenvalue weighted by Crippen LogP contribution is -2.36. The summed E-state index contributed by atoms with van der Waals surface area (Å²) in [6, 6.07) is 7.04. The van der Waals surface area contributed by atoms with E-state index in [9.17, 15) is 0 Å². The van der Waals surface area contributed by atoms with Gasteiger partial charge in [0.1, 0.15) is 5.75 Å². The number of fused-ring (bicyclic) bond motifs is 1. The Labute approximate surface area is 110 Å². The van der Waals surface area contributed by atoms with Gasteiger partial charge in [-0.05, 0) is 37.7 Å². The Hall–Kier alpha value is -1.06. The van der Waals surface area contributed by atoms with E-state index < -0.39 is 0 Å². The fourth-order valence-corrected chi connectivity index (χ4v) is 2.30. The quantitative estimate of drug-likeness (QED) is 0.834. The summed E-state index contributed by atoms with van der Waals surface area (Å²) in [5, 5.41) is 3.57. The third-order valence-electron chi connectivity index (χ3n) is 3.53. The molecule has 0 fully saturated rings. The maximum Gasteiger partial charge on any atom is 0.122 e. The molecule has 1 aromatic rings. The molecule has 2 rings (SSSR count). The second kappa shape index (κ2) is 6.21. The third-order valence-corrected chi connectivity index (χ3v) is 3.53. The van der Waals surface area contributed by atoms with Gasteiger partial charge in [-0.1, -0.05) is 19.1 Å². The zero-order valence-corrected chi connectivity index (χ0v) is 11.7. The van der Waals surface area contributed by atoms with E-state index in [1.165, 1.54) is 11.1 Å². The highest BCUT2D eigenvalue weighted by molar-refractivity contribution is 5.39. The van der Waals surface area contributed by atoms with Crippen molar-refractivity contribution in [1.82, 2.24) is 10.2 Å². The van der Waals surface area contributed by atoms with Crippen LogP contribution >= 0.6 is 0 Å². The molecule has 0 saturated heterocycles. The van der Waals surface area contributed by atoms with Crippen LogP contribution in [0, 0.1) is 0 Å². The lowest BCUT2D eigenvalue weighted by atomic mass is 10.1. The van der Waals surface area contributed by atoms with Gasteiger partial charge in [-0.2, -0.15) is 0 Å². The Morgan fingerprint density at radius 2 is 2.28 bits per heavy atom. The van der Waals surface area contributed by atoms with Crippen LogP contribution in [0.3, 0.4) is 0 Å². The fraction of sp³-hybridized carbons (Fsp3) is 0.600. The molecule has 0 amide bonds. The molecule has 1 aromatic carbocycles. The van der Waals surface area contributed by atoms with Crippen LogP contribution in [0.4, 0.5) is 0 Å². The summed E-state index contributed by atoms with van der Waals surface area (Å²) in [5.74, 6) is 1.07. The minimum Gasteiger partial charge on any atom is -0.493 e. The molecule has 0 aliphatic carbocycles. The van der Waals surface area contributed by atoms with Gasteiger partial charge in [0.05, 0.1) is 6.61 Å². The Morgan fingerprint density at radius 1 is 1.44 bits per heavy atom. The highest BCUT2D eigenvalue weighted by Gasteiger charge is 2.12. The molecule has 0 aromatic heterocycles. The van der Waals surface area contributed by atoms with Gasteiger partial charge in [-0.25, -0.2) is 0 Å². The summed E-state index contributed by atoms with van der Waals surface area (Å²) in [4.78, 5) is 2.33. The van der Waals surface area contributed by atoms with Crippen LogP contribution in [0.5, 0.6) is 5.75 Å². The Balaban J connectivity index is 1.83. The molecule has 1 N–H and O–H groups in total. The summed E-state index contributed by atoms with van der Waals surface area (Å²) < 4.78 is 5.52. The predicted octanol–water partition coefficient (Wildman–Crippen LogP) is 2.05. The average Bonchev–Trinajstić information content (AvgIpc) is 2.83. The van der Waals surface area contributed by atoms with E-state index in [2.05, 4.69) is 49.3 Å². The van der Waals surface area contributed by atoms with Crippen molar-refractivity contribution in [2.45, 2.75) is 32.9 Å². The molecule has 0 saturated carbocycles. The molecular formula is C15H24N2O. The number of benzene rings is 1. The number of rotatable bonds is 6. The SMILES string of the molecule is CCN(C)CC(C)NCc1ccc2c(c1)CCO2. The summed E-state index contributed by atoms with van der Waals surface area (Å²) >= 11 is 0. The van der Waals surface area contributed by atoms with Crippen molar-refractivity contribution >= 4 is 0 Å². The smallest absolute Gasteiger partial charge is 0.122 e. The van der Waals surface area contributed by atoms with E-state index in [-0.39, 0.29) is 0 Å². The summed E-state index contributed by atoms with van der Waals surface area (Å²) in [6.07, 6.45) is 1.05. The first-order valence-electron chi connectivity index (χ1n) is 6.85. The van der Waals surface area contributed by atoms with E-state index in [0.29, 0.717) is 6.04 Å². The van der Waals surface area contributed by atoms with E-state index in [4.69, 9.17) is 4.74 Å². The van der Waals surface area contributed by atoms with Crippen molar-refractivity contribution in [1.29, 1.82) is 0 Å². The van der Waals surface area contributed by atoms with Crippen molar-refractivity contribution in [3.63, 3.8) is 0 Å². The number of nitrogens with one attached hydrogen (secondary N) is 1. The van der Waals surface area contributed by atoms with E-state index in [1.54, 1.807) is 0 Å². The first-order valence-corrected chi connectivity index (χ1v) is 6.85. The minimum atomic E-state index is 0.513. The predicted molar refractivity (Wildman–Crippen MR) is 75.1 cm³/mol. The maximum atomic E-state index is 5.52. The Kier molecular flexibility index (Phi) is 4.61. The fourth-order valence-electron chi connectivity index (χ4n) is 2.30. The topological polar surface area (TPSA) is 24.5 Å². The number of ether oxygens (including phenoxy) is 1. The molecule has 3 nitrogen and oxygen atoms in total. The van der Waals surface area contributed by atoms with Crippen LogP contribution in [0.15, 0.2) is 18.2 Å². The molecule has 3 heteroatoms. The first kappa shape index (κ1) is 13.4.